The molecule has 4 nitrogen and oxygen atoms in total. The van der Waals surface area contributed by atoms with Gasteiger partial charge < -0.3 is 9.88 Å². The van der Waals surface area contributed by atoms with Crippen molar-refractivity contribution in [1.29, 1.82) is 0 Å². The summed E-state index contributed by atoms with van der Waals surface area (Å²) in [5, 5.41) is 3.73. The molecular weight excluding hydrogens is 322 g/mol. The van der Waals surface area contributed by atoms with Crippen LogP contribution in [0.15, 0.2) is 54.9 Å². The molecule has 0 spiro atoms. The third-order valence-electron chi connectivity index (χ3n) is 4.19. The van der Waals surface area contributed by atoms with Crippen molar-refractivity contribution in [3.63, 3.8) is 0 Å². The van der Waals surface area contributed by atoms with E-state index >= 15 is 0 Å². The number of rotatable bonds is 5. The standard InChI is InChI=1S/C19H20ClN3O/c1-19(2,14-7-9-15(20)10-8-14)12-21-18(24)11-23-13-22-16-5-3-4-6-17(16)23/h3-10,13H,11-12H2,1-2H3,(H,21,24). The first kappa shape index (κ1) is 16.5. The highest BCUT2D eigenvalue weighted by Crippen LogP contribution is 2.23. The lowest BCUT2D eigenvalue weighted by atomic mass is 9.84. The molecule has 1 heterocycles. The number of halogens is 1. The first-order chi connectivity index (χ1) is 11.5. The normalized spacial score (nSPS) is 11.6. The van der Waals surface area contributed by atoms with Crippen LogP contribution in [0.2, 0.25) is 5.02 Å². The Kier molecular flexibility index (Phi) is 4.58. The van der Waals surface area contributed by atoms with E-state index in [-0.39, 0.29) is 17.9 Å². The van der Waals surface area contributed by atoms with E-state index < -0.39 is 0 Å². The van der Waals surface area contributed by atoms with Crippen molar-refractivity contribution >= 4 is 28.5 Å². The number of benzene rings is 2. The lowest BCUT2D eigenvalue weighted by molar-refractivity contribution is -0.121. The molecule has 5 heteroatoms. The fourth-order valence-electron chi connectivity index (χ4n) is 2.67. The molecule has 24 heavy (non-hydrogen) atoms. The average Bonchev–Trinajstić information content (AvgIpc) is 2.97. The molecule has 1 aromatic heterocycles. The summed E-state index contributed by atoms with van der Waals surface area (Å²) >= 11 is 5.94. The first-order valence-corrected chi connectivity index (χ1v) is 8.26. The fourth-order valence-corrected chi connectivity index (χ4v) is 2.80. The summed E-state index contributed by atoms with van der Waals surface area (Å²) in [7, 11) is 0. The van der Waals surface area contributed by atoms with Crippen LogP contribution < -0.4 is 5.32 Å². The molecule has 0 fully saturated rings. The Bertz CT molecular complexity index is 852. The molecule has 3 rings (SSSR count). The van der Waals surface area contributed by atoms with Crippen molar-refractivity contribution in [2.75, 3.05) is 6.54 Å². The molecule has 0 unspecified atom stereocenters. The summed E-state index contributed by atoms with van der Waals surface area (Å²) in [6.07, 6.45) is 1.70. The molecule has 0 aliphatic carbocycles. The van der Waals surface area contributed by atoms with Crippen LogP contribution in [-0.4, -0.2) is 22.0 Å². The van der Waals surface area contributed by atoms with Gasteiger partial charge in [-0.25, -0.2) is 4.98 Å². The number of amides is 1. The lowest BCUT2D eigenvalue weighted by Gasteiger charge is -2.25. The van der Waals surface area contributed by atoms with Gasteiger partial charge in [-0.2, -0.15) is 0 Å². The van der Waals surface area contributed by atoms with E-state index in [1.807, 2.05) is 53.1 Å². The predicted molar refractivity (Wildman–Crippen MR) is 97.2 cm³/mol. The Morgan fingerprint density at radius 2 is 1.88 bits per heavy atom. The average molecular weight is 342 g/mol. The zero-order valence-electron chi connectivity index (χ0n) is 13.8. The molecule has 1 amide bonds. The van der Waals surface area contributed by atoms with Crippen LogP contribution in [0.4, 0.5) is 0 Å². The maximum absolute atomic E-state index is 12.3. The molecule has 0 radical (unpaired) electrons. The number of hydrogen-bond acceptors (Lipinski definition) is 2. The topological polar surface area (TPSA) is 46.9 Å². The molecule has 0 aliphatic heterocycles. The fraction of sp³-hybridized carbons (Fsp3) is 0.263. The van der Waals surface area contributed by atoms with Crippen molar-refractivity contribution < 1.29 is 4.79 Å². The summed E-state index contributed by atoms with van der Waals surface area (Å²) in [5.41, 5.74) is 2.83. The van der Waals surface area contributed by atoms with Crippen LogP contribution in [0, 0.1) is 0 Å². The molecule has 3 aromatic rings. The number of hydrogen-bond donors (Lipinski definition) is 1. The van der Waals surface area contributed by atoms with Crippen molar-refractivity contribution in [3.8, 4) is 0 Å². The zero-order chi connectivity index (χ0) is 17.2. The second-order valence-electron chi connectivity index (χ2n) is 6.53. The van der Waals surface area contributed by atoms with Crippen molar-refractivity contribution in [3.05, 3.63) is 65.4 Å². The highest BCUT2D eigenvalue weighted by molar-refractivity contribution is 6.30. The summed E-state index contributed by atoms with van der Waals surface area (Å²) in [5.74, 6) is -0.0276. The summed E-state index contributed by atoms with van der Waals surface area (Å²) in [6.45, 7) is 5.02. The van der Waals surface area contributed by atoms with Crippen molar-refractivity contribution in [1.82, 2.24) is 14.9 Å². The monoisotopic (exact) mass is 341 g/mol. The van der Waals surface area contributed by atoms with Crippen LogP contribution in [0.1, 0.15) is 19.4 Å². The van der Waals surface area contributed by atoms with E-state index in [0.717, 1.165) is 16.6 Å². The highest BCUT2D eigenvalue weighted by Gasteiger charge is 2.21. The van der Waals surface area contributed by atoms with Crippen molar-refractivity contribution in [2.45, 2.75) is 25.8 Å². The van der Waals surface area contributed by atoms with E-state index in [4.69, 9.17) is 11.6 Å². The summed E-state index contributed by atoms with van der Waals surface area (Å²) in [6, 6.07) is 15.5. The second-order valence-corrected chi connectivity index (χ2v) is 6.97. The first-order valence-electron chi connectivity index (χ1n) is 7.88. The molecule has 2 aromatic carbocycles. The van der Waals surface area contributed by atoms with Crippen LogP contribution in [0.5, 0.6) is 0 Å². The number of fused-ring (bicyclic) bond motifs is 1. The van der Waals surface area contributed by atoms with Gasteiger partial charge in [0, 0.05) is 17.0 Å². The van der Waals surface area contributed by atoms with Gasteiger partial charge in [-0.05, 0) is 29.8 Å². The number of nitrogens with one attached hydrogen (secondary N) is 1. The van der Waals surface area contributed by atoms with E-state index in [1.54, 1.807) is 6.33 Å². The number of aromatic nitrogens is 2. The largest absolute Gasteiger partial charge is 0.354 e. The smallest absolute Gasteiger partial charge is 0.240 e. The van der Waals surface area contributed by atoms with Gasteiger partial charge in [-0.1, -0.05) is 49.7 Å². The second kappa shape index (κ2) is 6.65. The molecule has 0 saturated carbocycles. The Balaban J connectivity index is 1.63. The SMILES string of the molecule is CC(C)(CNC(=O)Cn1cnc2ccccc21)c1ccc(Cl)cc1. The predicted octanol–water partition coefficient (Wildman–Crippen LogP) is 3.78. The van der Waals surface area contributed by atoms with Gasteiger partial charge >= 0.3 is 0 Å². The Morgan fingerprint density at radius 3 is 2.62 bits per heavy atom. The number of para-hydroxylation sites is 2. The van der Waals surface area contributed by atoms with Gasteiger partial charge in [-0.3, -0.25) is 4.79 Å². The molecular formula is C19H20ClN3O. The van der Waals surface area contributed by atoms with Gasteiger partial charge in [0.2, 0.25) is 5.91 Å². The van der Waals surface area contributed by atoms with Gasteiger partial charge in [0.05, 0.1) is 17.4 Å². The molecule has 0 saturated heterocycles. The number of imidazole rings is 1. The minimum absolute atomic E-state index is 0.0276. The minimum Gasteiger partial charge on any atom is -0.354 e. The molecule has 0 aliphatic rings. The van der Waals surface area contributed by atoms with Gasteiger partial charge in [-0.15, -0.1) is 0 Å². The Morgan fingerprint density at radius 1 is 1.17 bits per heavy atom. The Hall–Kier alpha value is -2.33. The van der Waals surface area contributed by atoms with E-state index in [0.29, 0.717) is 11.6 Å². The third-order valence-corrected chi connectivity index (χ3v) is 4.45. The maximum atomic E-state index is 12.3. The zero-order valence-corrected chi connectivity index (χ0v) is 14.5. The van der Waals surface area contributed by atoms with Crippen LogP contribution in [-0.2, 0) is 16.8 Å². The number of carbonyl (C=O) groups is 1. The van der Waals surface area contributed by atoms with Crippen molar-refractivity contribution in [2.24, 2.45) is 0 Å². The minimum atomic E-state index is -0.169. The van der Waals surface area contributed by atoms with Crippen LogP contribution in [0.3, 0.4) is 0 Å². The third kappa shape index (κ3) is 3.60. The van der Waals surface area contributed by atoms with Crippen LogP contribution >= 0.6 is 11.6 Å². The Labute approximate surface area is 146 Å². The van der Waals surface area contributed by atoms with E-state index in [1.165, 1.54) is 0 Å². The lowest BCUT2D eigenvalue weighted by Crippen LogP contribution is -2.38. The van der Waals surface area contributed by atoms with E-state index in [9.17, 15) is 4.79 Å². The van der Waals surface area contributed by atoms with Gasteiger partial charge in [0.1, 0.15) is 6.54 Å². The maximum Gasteiger partial charge on any atom is 0.240 e. The summed E-state index contributed by atoms with van der Waals surface area (Å²) < 4.78 is 1.86. The number of nitrogens with zero attached hydrogens (tertiary/aromatic N) is 2. The molecule has 0 bridgehead atoms. The van der Waals surface area contributed by atoms with Gasteiger partial charge in [0.25, 0.3) is 0 Å². The van der Waals surface area contributed by atoms with Crippen LogP contribution in [0.25, 0.3) is 11.0 Å². The molecule has 0 atom stereocenters. The number of carbonyl (C=O) groups excluding carboxylic acids is 1. The quantitative estimate of drug-likeness (QED) is 0.767. The van der Waals surface area contributed by atoms with Gasteiger partial charge in [0.15, 0.2) is 0 Å². The summed E-state index contributed by atoms with van der Waals surface area (Å²) in [4.78, 5) is 16.6. The molecule has 1 N–H and O–H groups in total. The highest BCUT2D eigenvalue weighted by atomic mass is 35.5. The van der Waals surface area contributed by atoms with E-state index in [2.05, 4.69) is 24.1 Å². The molecule has 124 valence electrons.